The van der Waals surface area contributed by atoms with Crippen LogP contribution in [0.25, 0.3) is 21.8 Å². The summed E-state index contributed by atoms with van der Waals surface area (Å²) in [6, 6.07) is 1.71. The Morgan fingerprint density at radius 2 is 1.06 bits per heavy atom. The molecule has 0 spiro atoms. The number of thioether (sulfide) groups is 1. The predicted octanol–water partition coefficient (Wildman–Crippen LogP) is -4.32. The Morgan fingerprint density at radius 3 is 1.61 bits per heavy atom. The summed E-state index contributed by atoms with van der Waals surface area (Å²) in [7, 11) is 4.01. The Labute approximate surface area is 720 Å². The maximum Gasteiger partial charge on any atom is 0.245 e. The number of para-hydroxylation sites is 2. The second kappa shape index (κ2) is 47.8. The molecule has 3 aromatic carbocycles. The number of hydrogen-bond donors (Lipinski definition) is 21. The number of carbonyl (C=O) groups is 16. The maximum atomic E-state index is 15.5. The number of aromatic nitrogens is 2. The predicted molar refractivity (Wildman–Crippen MR) is 457 cm³/mol. The van der Waals surface area contributed by atoms with Crippen LogP contribution in [0.15, 0.2) is 85.2 Å². The number of benzene rings is 3. The van der Waals surface area contributed by atoms with E-state index in [-0.39, 0.29) is 107 Å². The van der Waals surface area contributed by atoms with Gasteiger partial charge in [0.15, 0.2) is 5.96 Å². The van der Waals surface area contributed by atoms with Crippen LogP contribution in [-0.2, 0) is 96.0 Å². The lowest BCUT2D eigenvalue weighted by atomic mass is 10.0. The van der Waals surface area contributed by atoms with Crippen molar-refractivity contribution in [3.8, 4) is 5.75 Å². The van der Waals surface area contributed by atoms with Crippen molar-refractivity contribution in [2.45, 2.75) is 196 Å². The zero-order chi connectivity index (χ0) is 91.2. The van der Waals surface area contributed by atoms with E-state index in [2.05, 4.69) is 68.5 Å². The number of rotatable bonds is 48. The summed E-state index contributed by atoms with van der Waals surface area (Å²) < 4.78 is 0. The van der Waals surface area contributed by atoms with Crippen LogP contribution in [0.1, 0.15) is 115 Å². The number of nitrogens with zero attached hydrogens (tertiary/aromatic N) is 4. The van der Waals surface area contributed by atoms with Crippen molar-refractivity contribution in [1.82, 2.24) is 88.1 Å². The second-order valence-corrected chi connectivity index (χ2v) is 32.3. The summed E-state index contributed by atoms with van der Waals surface area (Å²) in [5, 5.41) is 68.8. The van der Waals surface area contributed by atoms with Crippen LogP contribution in [0.3, 0.4) is 0 Å². The molecule has 0 saturated carbocycles. The molecule has 124 heavy (non-hydrogen) atoms. The first-order valence-electron chi connectivity index (χ1n) is 41.1. The van der Waals surface area contributed by atoms with Crippen molar-refractivity contribution in [1.29, 1.82) is 5.41 Å². The number of amides is 16. The average molecular weight is 1750 g/mol. The molecule has 0 aliphatic carbocycles. The molecule has 4 heterocycles. The molecule has 1 unspecified atom stereocenters. The summed E-state index contributed by atoms with van der Waals surface area (Å²) in [6.07, 6.45) is 4.02. The molecule has 16 amide bonds. The molecule has 0 radical (unpaired) electrons. The lowest BCUT2D eigenvalue weighted by Crippen LogP contribution is -2.61. The Bertz CT molecular complexity index is 4620. The minimum absolute atomic E-state index is 0.00411. The number of nitrogens with one attached hydrogen (secondary N) is 14. The number of primary amides is 2. The third-order valence-corrected chi connectivity index (χ3v) is 22.6. The summed E-state index contributed by atoms with van der Waals surface area (Å²) in [5.74, 6) is -14.7. The lowest BCUT2D eigenvalue weighted by Gasteiger charge is -2.35. The third kappa shape index (κ3) is 28.3. The molecule has 25 N–H and O–H groups in total. The van der Waals surface area contributed by atoms with Crippen molar-refractivity contribution in [3.05, 3.63) is 102 Å². The monoisotopic (exact) mass is 1750 g/mol. The average Bonchev–Trinajstić information content (AvgIpc) is 0.971. The molecule has 5 aromatic rings. The van der Waals surface area contributed by atoms with Crippen LogP contribution in [0.5, 0.6) is 5.75 Å². The molecule has 7 rings (SSSR count). The Kier molecular flexibility index (Phi) is 38.1. The standard InChI is InChI=1S/C82H118N22O19S/c1-8-9-22-65(81(123)101(6)45(4)69(111)94-55(21-14-29-89-82(86)87)72(114)100-62(71(113)92-39-67(85)109)42-124-43-68(110)93-56(70(112)88-5)33-46-25-27-49(107)28-26-46)102(7)79(121)59(35-48-38-91-54-20-13-11-18-51(48)54)97-74(116)60(40-105)98-73(115)57(34-47-37-90-53-19-12-10-17-50(47)53)95-76(118)64-24-16-31-104(64)80(122)58(32-44(2)3)96-75(117)61(41-106)99-77(119)63-23-15-30-103(63)78(120)52(83)36-66(84)108/h10-13,17-20,25-28,37-38,44-45,52,55-65,90-91,105-107H,8-9,14-16,21-24,29-36,39-43,83H2,1-7H3,(H2,84,108)(H2,85,109)(H,88,112)(H,92,113)(H,93,110)(H,94,111)(H,95,118)(H,96,117)(H,97,116)(H,98,115)(H,99,119)(H,100,114)(H4,86,87,89)/t45-,52-,55-,56-,57-,58-,59-,60-,61-,62?,63-,64-,65-/m0/s1. The minimum Gasteiger partial charge on any atom is -0.508 e. The quantitative estimate of drug-likeness (QED) is 0.00995. The van der Waals surface area contributed by atoms with Gasteiger partial charge in [0.2, 0.25) is 94.5 Å². The van der Waals surface area contributed by atoms with Gasteiger partial charge in [0.05, 0.1) is 38.0 Å². The van der Waals surface area contributed by atoms with E-state index in [0.717, 1.165) is 21.6 Å². The van der Waals surface area contributed by atoms with Gasteiger partial charge in [-0.1, -0.05) is 82.1 Å². The number of unbranched alkanes of at least 4 members (excludes halogenated alkanes) is 1. The van der Waals surface area contributed by atoms with Crippen molar-refractivity contribution >= 4 is 134 Å². The van der Waals surface area contributed by atoms with Crippen LogP contribution in [0, 0.1) is 11.3 Å². The number of aliphatic hydroxyl groups excluding tert-OH is 2. The van der Waals surface area contributed by atoms with Crippen molar-refractivity contribution in [2.24, 2.45) is 28.9 Å². The van der Waals surface area contributed by atoms with E-state index in [4.69, 9.17) is 28.3 Å². The number of nitrogens with two attached hydrogens (primary N) is 4. The minimum atomic E-state index is -1.84. The van der Waals surface area contributed by atoms with Crippen LogP contribution in [0.2, 0.25) is 0 Å². The number of phenols is 1. The molecule has 42 heteroatoms. The summed E-state index contributed by atoms with van der Waals surface area (Å²) >= 11 is 0.869. The first-order chi connectivity index (χ1) is 59.0. The number of aliphatic hydroxyl groups is 2. The number of H-pyrrole nitrogens is 2. The smallest absolute Gasteiger partial charge is 0.245 e. The van der Waals surface area contributed by atoms with Crippen LogP contribution >= 0.6 is 11.8 Å². The van der Waals surface area contributed by atoms with E-state index in [1.165, 1.54) is 50.0 Å². The molecule has 2 aliphatic heterocycles. The molecule has 2 aromatic heterocycles. The Hall–Kier alpha value is -12.4. The van der Waals surface area contributed by atoms with Gasteiger partial charge >= 0.3 is 0 Å². The number of likely N-dealkylation sites (N-methyl/N-ethyl adjacent to an activating group) is 3. The van der Waals surface area contributed by atoms with E-state index in [1.807, 2.05) is 6.92 Å². The van der Waals surface area contributed by atoms with Crippen molar-refractivity contribution < 1.29 is 92.0 Å². The summed E-state index contributed by atoms with van der Waals surface area (Å²) in [5.41, 5.74) is 25.0. The van der Waals surface area contributed by atoms with Crippen LogP contribution in [-0.4, -0.2) is 296 Å². The second-order valence-electron chi connectivity index (χ2n) is 31.2. The highest BCUT2D eigenvalue weighted by Gasteiger charge is 2.44. The first kappa shape index (κ1) is 98.7. The SMILES string of the molecule is CCCC[C@@H](C(=O)N(C)[C@@H](C)C(=O)N[C@@H](CCCNC(=N)N)C(=O)NC(CSCC(=O)N[C@@H](Cc1ccc(O)cc1)C(=O)NC)C(=O)NCC(N)=O)N(C)C(=O)[C@H](Cc1c[nH]c2ccccc12)NC(=O)[C@H](CO)NC(=O)[C@H](Cc1c[nH]c2ccccc12)NC(=O)[C@@H]1CCCN1C(=O)[C@H](CC(C)C)NC(=O)[C@H](CO)NC(=O)[C@@H]1CCCN1C(=O)[C@@H](N)CC(N)=O. The maximum absolute atomic E-state index is 15.5. The molecule has 41 nitrogen and oxygen atoms in total. The summed E-state index contributed by atoms with van der Waals surface area (Å²) in [6.45, 7) is 4.24. The van der Waals surface area contributed by atoms with E-state index >= 15 is 14.4 Å². The number of hydrogen-bond acceptors (Lipinski definition) is 22. The number of aromatic hydroxyl groups is 1. The normalized spacial score (nSPS) is 16.4. The number of aromatic amines is 2. The van der Waals surface area contributed by atoms with Gasteiger partial charge in [-0.25, -0.2) is 0 Å². The molecule has 2 saturated heterocycles. The van der Waals surface area contributed by atoms with Gasteiger partial charge in [-0.05, 0) is 105 Å². The molecular formula is C82H118N22O19S. The zero-order valence-electron chi connectivity index (χ0n) is 70.6. The zero-order valence-corrected chi connectivity index (χ0v) is 71.4. The van der Waals surface area contributed by atoms with Gasteiger partial charge in [0.1, 0.15) is 78.3 Å². The highest BCUT2D eigenvalue weighted by atomic mass is 32.2. The van der Waals surface area contributed by atoms with Gasteiger partial charge < -0.3 is 126 Å². The molecule has 0 bridgehead atoms. The van der Waals surface area contributed by atoms with Crippen LogP contribution < -0.4 is 81.4 Å². The number of guanidine groups is 1. The van der Waals surface area contributed by atoms with Crippen molar-refractivity contribution in [2.75, 3.05) is 72.0 Å². The number of likely N-dealkylation sites (tertiary alicyclic amines) is 2. The van der Waals surface area contributed by atoms with E-state index in [1.54, 1.807) is 86.9 Å². The van der Waals surface area contributed by atoms with Gasteiger partial charge in [0, 0.05) is 100.0 Å². The highest BCUT2D eigenvalue weighted by molar-refractivity contribution is 8.00. The van der Waals surface area contributed by atoms with Gasteiger partial charge in [-0.2, -0.15) is 0 Å². The molecule has 2 aliphatic rings. The van der Waals surface area contributed by atoms with Gasteiger partial charge in [0.25, 0.3) is 0 Å². The molecular weight excluding hydrogens is 1630 g/mol. The van der Waals surface area contributed by atoms with Gasteiger partial charge in [-0.3, -0.25) is 82.1 Å². The number of fused-ring (bicyclic) bond motifs is 2. The van der Waals surface area contributed by atoms with E-state index in [9.17, 15) is 77.6 Å². The highest BCUT2D eigenvalue weighted by Crippen LogP contribution is 2.27. The van der Waals surface area contributed by atoms with E-state index < -0.39 is 205 Å². The Morgan fingerprint density at radius 1 is 0.556 bits per heavy atom. The van der Waals surface area contributed by atoms with Crippen LogP contribution in [0.4, 0.5) is 0 Å². The number of phenolic OH excluding ortho intramolecular Hbond substituents is 1. The number of carbonyl (C=O) groups excluding carboxylic acids is 16. The third-order valence-electron chi connectivity index (χ3n) is 21.5. The van der Waals surface area contributed by atoms with Crippen molar-refractivity contribution in [3.63, 3.8) is 0 Å². The molecule has 13 atom stereocenters. The Balaban J connectivity index is 1.09. The van der Waals surface area contributed by atoms with E-state index in [0.29, 0.717) is 57.8 Å². The lowest BCUT2D eigenvalue weighted by molar-refractivity contribution is -0.149. The molecule has 676 valence electrons. The fourth-order valence-electron chi connectivity index (χ4n) is 14.7. The molecule has 2 fully saturated rings. The largest absolute Gasteiger partial charge is 0.508 e. The van der Waals surface area contributed by atoms with Gasteiger partial charge in [-0.15, -0.1) is 11.8 Å². The fourth-order valence-corrected chi connectivity index (χ4v) is 15.5. The fraction of sp³-hybridized carbons (Fsp3) is 0.524. The summed E-state index contributed by atoms with van der Waals surface area (Å²) in [4.78, 5) is 235. The topological polar surface area (TPSA) is 639 Å². The first-order valence-corrected chi connectivity index (χ1v) is 42.3.